The van der Waals surface area contributed by atoms with Crippen molar-refractivity contribution in [2.75, 3.05) is 5.32 Å². The van der Waals surface area contributed by atoms with Crippen LogP contribution < -0.4 is 10.1 Å². The highest BCUT2D eigenvalue weighted by molar-refractivity contribution is 5.99. The van der Waals surface area contributed by atoms with Crippen LogP contribution >= 0.6 is 0 Å². The molecular formula is C29H27F2NO4. The molecule has 0 saturated carbocycles. The van der Waals surface area contributed by atoms with Gasteiger partial charge in [-0.05, 0) is 85.4 Å². The van der Waals surface area contributed by atoms with Gasteiger partial charge in [-0.15, -0.1) is 0 Å². The maximum Gasteiger partial charge on any atom is 0.335 e. The molecular weight excluding hydrogens is 464 g/mol. The van der Waals surface area contributed by atoms with E-state index in [1.807, 2.05) is 25.1 Å². The number of nitrogens with one attached hydrogen (secondary N) is 1. The molecule has 0 saturated heterocycles. The zero-order valence-corrected chi connectivity index (χ0v) is 20.2. The predicted octanol–water partition coefficient (Wildman–Crippen LogP) is 6.99. The summed E-state index contributed by atoms with van der Waals surface area (Å²) in [5, 5.41) is 12.4. The molecule has 4 rings (SSSR count). The van der Waals surface area contributed by atoms with Crippen LogP contribution in [0.15, 0.2) is 54.6 Å². The van der Waals surface area contributed by atoms with E-state index in [0.717, 1.165) is 53.2 Å². The van der Waals surface area contributed by atoms with Crippen molar-refractivity contribution < 1.29 is 28.2 Å². The molecule has 0 spiro atoms. The number of ether oxygens (including phenoxy) is 1. The van der Waals surface area contributed by atoms with E-state index < -0.39 is 17.6 Å². The first-order chi connectivity index (χ1) is 17.2. The highest BCUT2D eigenvalue weighted by Gasteiger charge is 2.22. The van der Waals surface area contributed by atoms with Crippen molar-refractivity contribution in [3.63, 3.8) is 0 Å². The lowest BCUT2D eigenvalue weighted by Crippen LogP contribution is -2.11. The molecule has 5 nitrogen and oxygen atoms in total. The van der Waals surface area contributed by atoms with E-state index in [1.165, 1.54) is 18.2 Å². The number of rotatable bonds is 8. The molecule has 0 bridgehead atoms. The lowest BCUT2D eigenvalue weighted by atomic mass is 9.94. The maximum absolute atomic E-state index is 14.2. The quantitative estimate of drug-likeness (QED) is 0.356. The van der Waals surface area contributed by atoms with Crippen LogP contribution in [0.1, 0.15) is 65.2 Å². The molecule has 0 heterocycles. The molecule has 3 aromatic carbocycles. The van der Waals surface area contributed by atoms with Gasteiger partial charge in [-0.2, -0.15) is 0 Å². The molecule has 1 amide bonds. The minimum absolute atomic E-state index is 0.0630. The first-order valence-corrected chi connectivity index (χ1v) is 11.8. The van der Waals surface area contributed by atoms with Crippen molar-refractivity contribution in [3.05, 3.63) is 94.0 Å². The van der Waals surface area contributed by atoms with Crippen molar-refractivity contribution >= 4 is 28.7 Å². The summed E-state index contributed by atoms with van der Waals surface area (Å²) in [6.45, 7) is 3.63. The van der Waals surface area contributed by atoms with Crippen LogP contribution in [0.3, 0.4) is 0 Å². The number of carboxylic acids is 1. The van der Waals surface area contributed by atoms with Gasteiger partial charge in [-0.25, -0.2) is 13.6 Å². The molecule has 7 heteroatoms. The number of amides is 1. The summed E-state index contributed by atoms with van der Waals surface area (Å²) >= 11 is 0. The number of benzene rings is 3. The number of halogens is 2. The number of carbonyl (C=O) groups is 2. The molecule has 0 atom stereocenters. The van der Waals surface area contributed by atoms with E-state index in [9.17, 15) is 23.5 Å². The second-order valence-corrected chi connectivity index (χ2v) is 8.84. The zero-order valence-electron chi connectivity index (χ0n) is 20.2. The molecule has 0 fully saturated rings. The fourth-order valence-corrected chi connectivity index (χ4v) is 4.41. The highest BCUT2D eigenvalue weighted by atomic mass is 19.1. The summed E-state index contributed by atoms with van der Waals surface area (Å²) in [6, 6.07) is 14.0. The monoisotopic (exact) mass is 491 g/mol. The van der Waals surface area contributed by atoms with Gasteiger partial charge in [0.05, 0.1) is 5.56 Å². The second-order valence-electron chi connectivity index (χ2n) is 8.84. The Labute approximate surface area is 208 Å². The van der Waals surface area contributed by atoms with Crippen molar-refractivity contribution in [2.45, 2.75) is 46.1 Å². The molecule has 1 aliphatic carbocycles. The van der Waals surface area contributed by atoms with Gasteiger partial charge in [0, 0.05) is 29.3 Å². The third-order valence-corrected chi connectivity index (χ3v) is 6.21. The Bertz CT molecular complexity index is 1360. The molecule has 0 unspecified atom stereocenters. The van der Waals surface area contributed by atoms with E-state index in [2.05, 4.69) is 5.32 Å². The average Bonchev–Trinajstić information content (AvgIpc) is 3.33. The molecule has 3 aromatic rings. The molecule has 0 radical (unpaired) electrons. The Morgan fingerprint density at radius 1 is 1.00 bits per heavy atom. The Hall–Kier alpha value is -4.00. The summed E-state index contributed by atoms with van der Waals surface area (Å²) in [5.41, 5.74) is 5.36. The summed E-state index contributed by atoms with van der Waals surface area (Å²) in [4.78, 5) is 23.8. The van der Waals surface area contributed by atoms with E-state index >= 15 is 0 Å². The Morgan fingerprint density at radius 3 is 2.50 bits per heavy atom. The third-order valence-electron chi connectivity index (χ3n) is 6.21. The number of hydrogen-bond donors (Lipinski definition) is 2. The highest BCUT2D eigenvalue weighted by Crippen LogP contribution is 2.44. The molecule has 0 aliphatic heterocycles. The second kappa shape index (κ2) is 10.7. The Morgan fingerprint density at radius 2 is 1.78 bits per heavy atom. The van der Waals surface area contributed by atoms with Crippen LogP contribution in [0.5, 0.6) is 5.75 Å². The molecule has 0 aromatic heterocycles. The predicted molar refractivity (Wildman–Crippen MR) is 135 cm³/mol. The van der Waals surface area contributed by atoms with Gasteiger partial charge in [0.2, 0.25) is 5.91 Å². The zero-order chi connectivity index (χ0) is 25.8. The van der Waals surface area contributed by atoms with Crippen molar-refractivity contribution in [3.8, 4) is 5.75 Å². The van der Waals surface area contributed by atoms with Crippen molar-refractivity contribution in [1.82, 2.24) is 0 Å². The van der Waals surface area contributed by atoms with E-state index in [4.69, 9.17) is 4.74 Å². The van der Waals surface area contributed by atoms with E-state index in [1.54, 1.807) is 19.1 Å². The van der Waals surface area contributed by atoms with Gasteiger partial charge in [-0.1, -0.05) is 18.6 Å². The number of carbonyl (C=O) groups excluding carboxylic acids is 1. The van der Waals surface area contributed by atoms with Gasteiger partial charge >= 0.3 is 5.97 Å². The molecule has 36 heavy (non-hydrogen) atoms. The van der Waals surface area contributed by atoms with Gasteiger partial charge in [0.1, 0.15) is 24.0 Å². The molecule has 2 N–H and O–H groups in total. The normalized spacial score (nSPS) is 13.1. The van der Waals surface area contributed by atoms with Crippen LogP contribution in [0.25, 0.3) is 11.1 Å². The van der Waals surface area contributed by atoms with E-state index in [0.29, 0.717) is 11.4 Å². The Balaban J connectivity index is 1.75. The van der Waals surface area contributed by atoms with Crippen LogP contribution in [-0.2, 0) is 11.4 Å². The largest absolute Gasteiger partial charge is 0.488 e. The van der Waals surface area contributed by atoms with Crippen LogP contribution in [0.4, 0.5) is 14.5 Å². The topological polar surface area (TPSA) is 75.6 Å². The summed E-state index contributed by atoms with van der Waals surface area (Å²) in [7, 11) is 0. The first-order valence-electron chi connectivity index (χ1n) is 11.8. The van der Waals surface area contributed by atoms with Crippen LogP contribution in [0.2, 0.25) is 0 Å². The van der Waals surface area contributed by atoms with Crippen LogP contribution in [-0.4, -0.2) is 17.0 Å². The number of aryl methyl sites for hydroxylation is 1. The van der Waals surface area contributed by atoms with E-state index in [-0.39, 0.29) is 30.1 Å². The lowest BCUT2D eigenvalue weighted by molar-refractivity contribution is -0.115. The number of hydrogen-bond acceptors (Lipinski definition) is 3. The summed E-state index contributed by atoms with van der Waals surface area (Å²) < 4.78 is 33.4. The molecule has 1 aliphatic rings. The summed E-state index contributed by atoms with van der Waals surface area (Å²) in [6.07, 6.45) is 2.64. The fourth-order valence-electron chi connectivity index (χ4n) is 4.41. The van der Waals surface area contributed by atoms with Gasteiger partial charge in [-0.3, -0.25) is 4.79 Å². The van der Waals surface area contributed by atoms with Crippen molar-refractivity contribution in [1.29, 1.82) is 0 Å². The fraction of sp³-hybridized carbons (Fsp3) is 0.241. The van der Waals surface area contributed by atoms with Gasteiger partial charge in [0.25, 0.3) is 0 Å². The number of carboxylic acid groups (broad SMARTS) is 1. The van der Waals surface area contributed by atoms with Crippen LogP contribution in [0, 0.1) is 18.6 Å². The third kappa shape index (κ3) is 5.62. The maximum atomic E-state index is 14.2. The standard InChI is InChI=1S/C29H27F2NO4/c1-3-28(33)32-22-13-19(12-20(14-22)29(34)35)23-5-4-6-24(23)25-11-17(2)7-10-27(25)36-16-18-8-9-21(30)15-26(18)31/h7-15H,3-6,16H2,1-2H3,(H,32,33)(H,34,35). The molecule has 186 valence electrons. The lowest BCUT2D eigenvalue weighted by Gasteiger charge is -2.17. The SMILES string of the molecule is CCC(=O)Nc1cc(C(=O)O)cc(C2=C(c3cc(C)ccc3OCc3ccc(F)cc3F)CCC2)c1. The van der Waals surface area contributed by atoms with Crippen molar-refractivity contribution in [2.24, 2.45) is 0 Å². The Kier molecular flexibility index (Phi) is 7.48. The minimum atomic E-state index is -1.08. The number of aromatic carboxylic acids is 1. The average molecular weight is 492 g/mol. The van der Waals surface area contributed by atoms with Gasteiger partial charge in [0.15, 0.2) is 0 Å². The minimum Gasteiger partial charge on any atom is -0.488 e. The van der Waals surface area contributed by atoms with Gasteiger partial charge < -0.3 is 15.2 Å². The summed E-state index contributed by atoms with van der Waals surface area (Å²) in [5.74, 6) is -2.04. The number of allylic oxidation sites excluding steroid dienone is 2. The number of anilines is 1. The first kappa shape index (κ1) is 25.1. The smallest absolute Gasteiger partial charge is 0.335 e.